The van der Waals surface area contributed by atoms with Crippen molar-refractivity contribution in [3.8, 4) is 5.88 Å². The lowest BCUT2D eigenvalue weighted by molar-refractivity contribution is -0.115. The summed E-state index contributed by atoms with van der Waals surface area (Å²) in [6.07, 6.45) is 4.33. The smallest absolute Gasteiger partial charge is 0.240 e. The maximum atomic E-state index is 11.3. The Morgan fingerprint density at radius 1 is 1.62 bits per heavy atom. The van der Waals surface area contributed by atoms with Gasteiger partial charge in [0.1, 0.15) is 11.5 Å². The van der Waals surface area contributed by atoms with E-state index in [0.29, 0.717) is 23.9 Å². The quantitative estimate of drug-likeness (QED) is 0.840. The van der Waals surface area contributed by atoms with E-state index < -0.39 is 0 Å². The van der Waals surface area contributed by atoms with Crippen LogP contribution in [0.15, 0.2) is 6.20 Å². The second-order valence-corrected chi connectivity index (χ2v) is 3.83. The monoisotopic (exact) mass is 221 g/mol. The highest BCUT2D eigenvalue weighted by atomic mass is 16.5. The standard InChI is InChI=1S/C11H15N3O2/c1-3-9(15)13-8-6-12-10(7-4-5-7)14-11(8)16-2/h6-7H,3-5H2,1-2H3,(H,13,15). The molecule has 5 heteroatoms. The van der Waals surface area contributed by atoms with Crippen molar-refractivity contribution < 1.29 is 9.53 Å². The predicted molar refractivity (Wildman–Crippen MR) is 59.5 cm³/mol. The Morgan fingerprint density at radius 2 is 2.38 bits per heavy atom. The number of nitrogens with zero attached hydrogens (tertiary/aromatic N) is 2. The summed E-state index contributed by atoms with van der Waals surface area (Å²) in [5.41, 5.74) is 0.541. The number of hydrogen-bond donors (Lipinski definition) is 1. The van der Waals surface area contributed by atoms with Crippen LogP contribution in [0.1, 0.15) is 37.9 Å². The van der Waals surface area contributed by atoms with E-state index in [1.165, 1.54) is 0 Å². The van der Waals surface area contributed by atoms with Gasteiger partial charge in [0.25, 0.3) is 0 Å². The van der Waals surface area contributed by atoms with Gasteiger partial charge in [-0.25, -0.2) is 4.98 Å². The second-order valence-electron chi connectivity index (χ2n) is 3.83. The van der Waals surface area contributed by atoms with Crippen molar-refractivity contribution in [1.82, 2.24) is 9.97 Å². The first-order valence-corrected chi connectivity index (χ1v) is 5.45. The first-order valence-electron chi connectivity index (χ1n) is 5.45. The summed E-state index contributed by atoms with van der Waals surface area (Å²) in [4.78, 5) is 19.8. The van der Waals surface area contributed by atoms with Crippen LogP contribution in [0.2, 0.25) is 0 Å². The number of nitrogens with one attached hydrogen (secondary N) is 1. The zero-order valence-electron chi connectivity index (χ0n) is 9.49. The van der Waals surface area contributed by atoms with E-state index in [1.807, 2.05) is 0 Å². The molecule has 1 aromatic heterocycles. The molecule has 0 aliphatic heterocycles. The molecule has 1 aliphatic rings. The van der Waals surface area contributed by atoms with Crippen LogP contribution >= 0.6 is 0 Å². The Bertz CT molecular complexity index is 402. The van der Waals surface area contributed by atoms with E-state index in [-0.39, 0.29) is 5.91 Å². The minimum absolute atomic E-state index is 0.0685. The summed E-state index contributed by atoms with van der Waals surface area (Å²) < 4.78 is 5.14. The van der Waals surface area contributed by atoms with E-state index in [9.17, 15) is 4.79 Å². The normalized spacial score (nSPS) is 14.6. The van der Waals surface area contributed by atoms with E-state index in [4.69, 9.17) is 4.74 Å². The van der Waals surface area contributed by atoms with Crippen molar-refractivity contribution in [3.63, 3.8) is 0 Å². The number of amides is 1. The highest BCUT2D eigenvalue weighted by Crippen LogP contribution is 2.39. The van der Waals surface area contributed by atoms with Crippen LogP contribution < -0.4 is 10.1 Å². The Hall–Kier alpha value is -1.65. The molecule has 1 amide bonds. The molecule has 1 heterocycles. The van der Waals surface area contributed by atoms with Gasteiger partial charge >= 0.3 is 0 Å². The summed E-state index contributed by atoms with van der Waals surface area (Å²) in [6, 6.07) is 0. The largest absolute Gasteiger partial charge is 0.479 e. The topological polar surface area (TPSA) is 64.1 Å². The second kappa shape index (κ2) is 4.47. The van der Waals surface area contributed by atoms with E-state index in [2.05, 4.69) is 15.3 Å². The van der Waals surface area contributed by atoms with Crippen molar-refractivity contribution in [1.29, 1.82) is 0 Å². The minimum atomic E-state index is -0.0685. The number of rotatable bonds is 4. The molecule has 16 heavy (non-hydrogen) atoms. The fourth-order valence-corrected chi connectivity index (χ4v) is 1.40. The van der Waals surface area contributed by atoms with Crippen LogP contribution in [0.3, 0.4) is 0 Å². The average Bonchev–Trinajstić information content (AvgIpc) is 3.13. The van der Waals surface area contributed by atoms with E-state index >= 15 is 0 Å². The molecule has 1 N–H and O–H groups in total. The molecule has 0 atom stereocenters. The summed E-state index contributed by atoms with van der Waals surface area (Å²) in [7, 11) is 1.54. The van der Waals surface area contributed by atoms with Gasteiger partial charge < -0.3 is 10.1 Å². The molecule has 2 rings (SSSR count). The maximum absolute atomic E-state index is 11.3. The third kappa shape index (κ3) is 2.29. The number of anilines is 1. The van der Waals surface area contributed by atoms with Gasteiger partial charge in [-0.2, -0.15) is 4.98 Å². The number of carbonyl (C=O) groups excluding carboxylic acids is 1. The molecule has 5 nitrogen and oxygen atoms in total. The number of carbonyl (C=O) groups is 1. The molecule has 0 unspecified atom stereocenters. The van der Waals surface area contributed by atoms with Crippen LogP contribution in [0.4, 0.5) is 5.69 Å². The van der Waals surface area contributed by atoms with Crippen molar-refractivity contribution in [2.24, 2.45) is 0 Å². The SMILES string of the molecule is CCC(=O)Nc1cnc(C2CC2)nc1OC. The molecule has 1 aliphatic carbocycles. The third-order valence-corrected chi connectivity index (χ3v) is 2.50. The minimum Gasteiger partial charge on any atom is -0.479 e. The highest BCUT2D eigenvalue weighted by Gasteiger charge is 2.27. The summed E-state index contributed by atoms with van der Waals surface area (Å²) in [5.74, 6) is 1.66. The first-order chi connectivity index (χ1) is 7.74. The third-order valence-electron chi connectivity index (χ3n) is 2.50. The van der Waals surface area contributed by atoms with Crippen molar-refractivity contribution >= 4 is 11.6 Å². The van der Waals surface area contributed by atoms with Crippen LogP contribution in [0, 0.1) is 0 Å². The predicted octanol–water partition coefficient (Wildman–Crippen LogP) is 1.71. The van der Waals surface area contributed by atoms with Crippen molar-refractivity contribution in [2.75, 3.05) is 12.4 Å². The van der Waals surface area contributed by atoms with Gasteiger partial charge in [-0.1, -0.05) is 6.92 Å². The Labute approximate surface area is 94.2 Å². The number of aromatic nitrogens is 2. The fraction of sp³-hybridized carbons (Fsp3) is 0.545. The molecule has 86 valence electrons. The molecule has 0 bridgehead atoms. The molecule has 0 saturated heterocycles. The van der Waals surface area contributed by atoms with Gasteiger partial charge in [0.2, 0.25) is 11.8 Å². The fourth-order valence-electron chi connectivity index (χ4n) is 1.40. The number of methoxy groups -OCH3 is 1. The zero-order chi connectivity index (χ0) is 11.5. The zero-order valence-corrected chi connectivity index (χ0v) is 9.49. The summed E-state index contributed by atoms with van der Waals surface area (Å²) >= 11 is 0. The Morgan fingerprint density at radius 3 is 2.94 bits per heavy atom. The molecular weight excluding hydrogens is 206 g/mol. The van der Waals surface area contributed by atoms with Crippen LogP contribution in [0.5, 0.6) is 5.88 Å². The van der Waals surface area contributed by atoms with Crippen LogP contribution in [-0.4, -0.2) is 23.0 Å². The lowest BCUT2D eigenvalue weighted by atomic mass is 10.3. The van der Waals surface area contributed by atoms with Gasteiger partial charge in [0.15, 0.2) is 0 Å². The Kier molecular flexibility index (Phi) is 3.03. The van der Waals surface area contributed by atoms with Crippen LogP contribution in [0.25, 0.3) is 0 Å². The molecule has 0 spiro atoms. The van der Waals surface area contributed by atoms with Gasteiger partial charge in [-0.3, -0.25) is 4.79 Å². The maximum Gasteiger partial charge on any atom is 0.240 e. The lowest BCUT2D eigenvalue weighted by Gasteiger charge is -2.09. The summed E-state index contributed by atoms with van der Waals surface area (Å²) in [5, 5.41) is 2.71. The molecular formula is C11H15N3O2. The molecule has 1 saturated carbocycles. The molecule has 0 radical (unpaired) electrons. The first kappa shape index (κ1) is 10.9. The highest BCUT2D eigenvalue weighted by molar-refractivity contribution is 5.91. The van der Waals surface area contributed by atoms with E-state index in [1.54, 1.807) is 20.2 Å². The molecule has 0 aromatic carbocycles. The van der Waals surface area contributed by atoms with Crippen molar-refractivity contribution in [2.45, 2.75) is 32.1 Å². The Balaban J connectivity index is 2.20. The lowest BCUT2D eigenvalue weighted by Crippen LogP contribution is -2.12. The average molecular weight is 221 g/mol. The van der Waals surface area contributed by atoms with Crippen LogP contribution in [-0.2, 0) is 4.79 Å². The van der Waals surface area contributed by atoms with Gasteiger partial charge in [0.05, 0.1) is 13.3 Å². The number of hydrogen-bond acceptors (Lipinski definition) is 4. The summed E-state index contributed by atoms with van der Waals surface area (Å²) in [6.45, 7) is 1.79. The van der Waals surface area contributed by atoms with Gasteiger partial charge in [0, 0.05) is 12.3 Å². The van der Waals surface area contributed by atoms with Crippen molar-refractivity contribution in [3.05, 3.63) is 12.0 Å². The molecule has 1 fully saturated rings. The van der Waals surface area contributed by atoms with Gasteiger partial charge in [-0.05, 0) is 12.8 Å². The molecule has 1 aromatic rings. The van der Waals surface area contributed by atoms with Gasteiger partial charge in [-0.15, -0.1) is 0 Å². The number of ether oxygens (including phenoxy) is 1. The van der Waals surface area contributed by atoms with E-state index in [0.717, 1.165) is 18.7 Å².